The summed E-state index contributed by atoms with van der Waals surface area (Å²) >= 11 is -1.75. The van der Waals surface area contributed by atoms with Crippen molar-refractivity contribution in [2.45, 2.75) is 12.8 Å². The molecule has 1 aromatic carbocycles. The number of para-hydroxylation sites is 1. The minimum atomic E-state index is -1.75. The van der Waals surface area contributed by atoms with Crippen LogP contribution in [0.15, 0.2) is 18.2 Å². The Kier molecular flexibility index (Phi) is 3.59. The van der Waals surface area contributed by atoms with Crippen molar-refractivity contribution in [3.63, 3.8) is 0 Å². The van der Waals surface area contributed by atoms with Gasteiger partial charge in [-0.05, 0) is 0 Å². The first-order valence-electron chi connectivity index (χ1n) is 4.35. The Labute approximate surface area is 96.5 Å². The fraction of sp³-hybridized carbons (Fsp3) is 0.300. The summed E-state index contributed by atoms with van der Waals surface area (Å²) in [4.78, 5) is 0. The van der Waals surface area contributed by atoms with Gasteiger partial charge in [-0.2, -0.15) is 0 Å². The summed E-state index contributed by atoms with van der Waals surface area (Å²) in [5.74, 6) is 0.985. The standard InChI is InChI=1S/C10H10O.2ClH.Ru/c1-8-4-2-5-9-6-3-7-11-10(8)9;;;/h1-2,4-5H,3,6-7H2;2*1H;/q;;;+2/p-2. The van der Waals surface area contributed by atoms with Crippen LogP contribution in [-0.2, 0) is 19.9 Å². The van der Waals surface area contributed by atoms with E-state index in [0.29, 0.717) is 0 Å². The minimum absolute atomic E-state index is 0.801. The van der Waals surface area contributed by atoms with E-state index in [1.165, 1.54) is 5.56 Å². The molecule has 2 rings (SSSR count). The van der Waals surface area contributed by atoms with Crippen molar-refractivity contribution < 1.29 is 18.3 Å². The first kappa shape index (κ1) is 10.6. The molecule has 0 saturated carbocycles. The van der Waals surface area contributed by atoms with Gasteiger partial charge < -0.3 is 0 Å². The van der Waals surface area contributed by atoms with E-state index in [4.69, 9.17) is 24.1 Å². The zero-order chi connectivity index (χ0) is 9.97. The molecule has 1 heterocycles. The fourth-order valence-corrected chi connectivity index (χ4v) is 3.37. The molecular weight excluding hydrogens is 308 g/mol. The number of ether oxygens (including phenoxy) is 1. The van der Waals surface area contributed by atoms with Gasteiger partial charge in [0, 0.05) is 0 Å². The molecule has 0 spiro atoms. The summed E-state index contributed by atoms with van der Waals surface area (Å²) < 4.78 is 7.57. The van der Waals surface area contributed by atoms with Gasteiger partial charge in [0.1, 0.15) is 0 Å². The summed E-state index contributed by atoms with van der Waals surface area (Å²) in [6, 6.07) is 6.14. The van der Waals surface area contributed by atoms with Gasteiger partial charge in [0.15, 0.2) is 0 Å². The molecule has 14 heavy (non-hydrogen) atoms. The average molecular weight is 318 g/mol. The molecule has 0 aliphatic carbocycles. The maximum absolute atomic E-state index is 5.85. The number of benzene rings is 1. The Balaban J connectivity index is 2.45. The van der Waals surface area contributed by atoms with Crippen LogP contribution in [0.3, 0.4) is 0 Å². The molecule has 1 aliphatic rings. The van der Waals surface area contributed by atoms with Crippen molar-refractivity contribution in [3.8, 4) is 5.75 Å². The SMILES string of the molecule is [Cl][Ru]([Cl])=[CH]c1cccc2c1OCCC2. The molecular formula is C10H10Cl2ORu. The van der Waals surface area contributed by atoms with Crippen LogP contribution in [-0.4, -0.2) is 11.2 Å². The Morgan fingerprint density at radius 2 is 2.21 bits per heavy atom. The molecule has 0 unspecified atom stereocenters. The summed E-state index contributed by atoms with van der Waals surface area (Å²) in [6.45, 7) is 0.801. The molecule has 0 aromatic heterocycles. The first-order chi connectivity index (χ1) is 6.77. The molecule has 0 bridgehead atoms. The van der Waals surface area contributed by atoms with Gasteiger partial charge in [-0.1, -0.05) is 0 Å². The number of fused-ring (bicyclic) bond motifs is 1. The molecule has 0 amide bonds. The van der Waals surface area contributed by atoms with Gasteiger partial charge in [0.2, 0.25) is 0 Å². The van der Waals surface area contributed by atoms with Crippen molar-refractivity contribution in [3.05, 3.63) is 29.3 Å². The number of aryl methyl sites for hydroxylation is 1. The predicted molar refractivity (Wildman–Crippen MR) is 57.1 cm³/mol. The third-order valence-electron chi connectivity index (χ3n) is 2.15. The molecule has 0 atom stereocenters. The predicted octanol–water partition coefficient (Wildman–Crippen LogP) is 3.09. The van der Waals surface area contributed by atoms with E-state index in [1.54, 1.807) is 0 Å². The quantitative estimate of drug-likeness (QED) is 0.723. The van der Waals surface area contributed by atoms with Gasteiger partial charge in [0.05, 0.1) is 0 Å². The van der Waals surface area contributed by atoms with E-state index >= 15 is 0 Å². The summed E-state index contributed by atoms with van der Waals surface area (Å²) in [5, 5.41) is 0. The van der Waals surface area contributed by atoms with E-state index in [9.17, 15) is 0 Å². The van der Waals surface area contributed by atoms with Gasteiger partial charge >= 0.3 is 96.8 Å². The van der Waals surface area contributed by atoms with Crippen molar-refractivity contribution >= 4 is 24.0 Å². The van der Waals surface area contributed by atoms with E-state index < -0.39 is 13.5 Å². The van der Waals surface area contributed by atoms with E-state index in [0.717, 1.165) is 30.8 Å². The second kappa shape index (κ2) is 4.74. The Bertz CT molecular complexity index is 372. The Morgan fingerprint density at radius 1 is 1.36 bits per heavy atom. The maximum atomic E-state index is 5.85. The third-order valence-corrected chi connectivity index (χ3v) is 3.98. The van der Waals surface area contributed by atoms with Crippen LogP contribution in [0.2, 0.25) is 0 Å². The van der Waals surface area contributed by atoms with Crippen molar-refractivity contribution in [1.29, 1.82) is 0 Å². The van der Waals surface area contributed by atoms with Gasteiger partial charge in [-0.15, -0.1) is 0 Å². The topological polar surface area (TPSA) is 9.23 Å². The number of hydrogen-bond acceptors (Lipinski definition) is 1. The molecule has 1 aliphatic heterocycles. The number of halogens is 2. The van der Waals surface area contributed by atoms with Crippen LogP contribution in [0.4, 0.5) is 0 Å². The number of hydrogen-bond donors (Lipinski definition) is 0. The summed E-state index contributed by atoms with van der Waals surface area (Å²) in [6.07, 6.45) is 2.19. The third kappa shape index (κ3) is 2.36. The van der Waals surface area contributed by atoms with E-state index in [1.807, 2.05) is 16.7 Å². The molecule has 0 fully saturated rings. The zero-order valence-corrected chi connectivity index (χ0v) is 10.7. The fourth-order valence-electron chi connectivity index (χ4n) is 1.58. The first-order valence-corrected chi connectivity index (χ1v) is 9.83. The Hall–Kier alpha value is 0.0934. The van der Waals surface area contributed by atoms with Crippen molar-refractivity contribution in [2.24, 2.45) is 0 Å². The second-order valence-electron chi connectivity index (χ2n) is 3.09. The summed E-state index contributed by atoms with van der Waals surface area (Å²) in [7, 11) is 11.7. The molecule has 0 N–H and O–H groups in total. The van der Waals surface area contributed by atoms with Crippen LogP contribution in [0.1, 0.15) is 17.5 Å². The average Bonchev–Trinajstić information content (AvgIpc) is 2.18. The molecule has 4 heteroatoms. The van der Waals surface area contributed by atoms with E-state index in [-0.39, 0.29) is 0 Å². The monoisotopic (exact) mass is 318 g/mol. The van der Waals surface area contributed by atoms with Crippen molar-refractivity contribution in [2.75, 3.05) is 6.61 Å². The molecule has 78 valence electrons. The van der Waals surface area contributed by atoms with Gasteiger partial charge in [0.25, 0.3) is 0 Å². The van der Waals surface area contributed by atoms with Crippen LogP contribution >= 0.6 is 19.4 Å². The second-order valence-corrected chi connectivity index (χ2v) is 8.82. The molecule has 1 aromatic rings. The van der Waals surface area contributed by atoms with Crippen LogP contribution in [0.25, 0.3) is 0 Å². The van der Waals surface area contributed by atoms with Crippen LogP contribution in [0.5, 0.6) is 5.75 Å². The zero-order valence-electron chi connectivity index (χ0n) is 7.45. The number of rotatable bonds is 1. The molecule has 1 nitrogen and oxygen atoms in total. The molecule has 0 radical (unpaired) electrons. The van der Waals surface area contributed by atoms with Crippen LogP contribution < -0.4 is 4.74 Å². The Morgan fingerprint density at radius 3 is 3.00 bits per heavy atom. The molecule has 0 saturated heterocycles. The van der Waals surface area contributed by atoms with Crippen LogP contribution in [0, 0.1) is 0 Å². The van der Waals surface area contributed by atoms with Gasteiger partial charge in [-0.25, -0.2) is 0 Å². The summed E-state index contributed by atoms with van der Waals surface area (Å²) in [5.41, 5.74) is 2.33. The van der Waals surface area contributed by atoms with E-state index in [2.05, 4.69) is 6.07 Å². The van der Waals surface area contributed by atoms with Crippen molar-refractivity contribution in [1.82, 2.24) is 0 Å². The van der Waals surface area contributed by atoms with Gasteiger partial charge in [-0.3, -0.25) is 0 Å². The normalized spacial score (nSPS) is 15.4.